The summed E-state index contributed by atoms with van der Waals surface area (Å²) in [6.07, 6.45) is 8.53. The number of hydrogen-bond donors (Lipinski definition) is 1. The Morgan fingerprint density at radius 1 is 1.24 bits per heavy atom. The lowest BCUT2D eigenvalue weighted by atomic mass is 9.86. The van der Waals surface area contributed by atoms with Gasteiger partial charge in [0, 0.05) is 43.8 Å². The normalized spacial score (nSPS) is 15.6. The number of benzene rings is 1. The second-order valence-corrected chi connectivity index (χ2v) is 7.63. The molecule has 0 saturated carbocycles. The van der Waals surface area contributed by atoms with Gasteiger partial charge in [0.05, 0.1) is 12.2 Å². The molecule has 1 aliphatic carbocycles. The number of aryl methyl sites for hydroxylation is 2. The Labute approximate surface area is 171 Å². The highest BCUT2D eigenvalue weighted by atomic mass is 16.2. The summed E-state index contributed by atoms with van der Waals surface area (Å²) in [6, 6.07) is 12.4. The average Bonchev–Trinajstić information content (AvgIpc) is 3.08. The fourth-order valence-corrected chi connectivity index (χ4v) is 4.05. The summed E-state index contributed by atoms with van der Waals surface area (Å²) in [7, 11) is 1.91. The minimum Gasteiger partial charge on any atom is -0.334 e. The maximum absolute atomic E-state index is 13.3. The van der Waals surface area contributed by atoms with Crippen molar-refractivity contribution in [3.63, 3.8) is 0 Å². The van der Waals surface area contributed by atoms with Crippen molar-refractivity contribution in [2.45, 2.75) is 45.3 Å². The van der Waals surface area contributed by atoms with Crippen molar-refractivity contribution in [2.75, 3.05) is 0 Å². The van der Waals surface area contributed by atoms with E-state index in [9.17, 15) is 4.79 Å². The zero-order chi connectivity index (χ0) is 20.2. The van der Waals surface area contributed by atoms with Gasteiger partial charge in [-0.15, -0.1) is 0 Å². The third-order valence-electron chi connectivity index (χ3n) is 5.82. The topological polar surface area (TPSA) is 63.1 Å². The highest BCUT2D eigenvalue weighted by Gasteiger charge is 2.29. The number of carbonyl (C=O) groups excluding carboxylic acids is 1. The first-order valence-corrected chi connectivity index (χ1v) is 10.1. The van der Waals surface area contributed by atoms with Gasteiger partial charge in [-0.25, -0.2) is 4.79 Å². The van der Waals surface area contributed by atoms with Crippen molar-refractivity contribution >= 4 is 6.03 Å². The molecular formula is C23H27N5O. The number of nitrogens with zero attached hydrogens (tertiary/aromatic N) is 4. The van der Waals surface area contributed by atoms with Gasteiger partial charge in [-0.3, -0.25) is 9.67 Å². The summed E-state index contributed by atoms with van der Waals surface area (Å²) < 4.78 is 1.83. The van der Waals surface area contributed by atoms with Crippen LogP contribution >= 0.6 is 0 Å². The minimum atomic E-state index is -0.0567. The average molecular weight is 390 g/mol. The van der Waals surface area contributed by atoms with Gasteiger partial charge >= 0.3 is 6.03 Å². The molecule has 2 heterocycles. The maximum atomic E-state index is 13.3. The van der Waals surface area contributed by atoms with Gasteiger partial charge in [0.25, 0.3) is 0 Å². The first-order valence-electron chi connectivity index (χ1n) is 10.1. The van der Waals surface area contributed by atoms with E-state index in [-0.39, 0.29) is 12.1 Å². The Bertz CT molecular complexity index is 982. The number of aromatic nitrogens is 3. The van der Waals surface area contributed by atoms with Crippen LogP contribution in [0.25, 0.3) is 0 Å². The summed E-state index contributed by atoms with van der Waals surface area (Å²) in [5, 5.41) is 7.38. The highest BCUT2D eigenvalue weighted by Crippen LogP contribution is 2.35. The molecule has 4 rings (SSSR count). The Morgan fingerprint density at radius 3 is 2.86 bits per heavy atom. The number of fused-ring (bicyclic) bond motifs is 1. The lowest BCUT2D eigenvalue weighted by Gasteiger charge is -2.36. The quantitative estimate of drug-likeness (QED) is 0.720. The Hall–Kier alpha value is -3.15. The van der Waals surface area contributed by atoms with E-state index in [4.69, 9.17) is 0 Å². The van der Waals surface area contributed by atoms with Crippen LogP contribution in [0.4, 0.5) is 4.79 Å². The van der Waals surface area contributed by atoms with Crippen molar-refractivity contribution in [3.05, 3.63) is 82.9 Å². The van der Waals surface area contributed by atoms with E-state index in [0.717, 1.165) is 36.1 Å². The second kappa shape index (κ2) is 8.47. The molecule has 150 valence electrons. The maximum Gasteiger partial charge on any atom is 0.318 e. The largest absolute Gasteiger partial charge is 0.334 e. The smallest absolute Gasteiger partial charge is 0.318 e. The standard InChI is InChI=1S/C23H27N5O/c1-17-20(15-26-27(17)2)14-25-23(29)28(16-18-7-6-12-24-13-18)22-11-5-9-19-8-3-4-10-21(19)22/h3-4,6-8,10,12-13,15,22H,5,9,11,14,16H2,1-2H3,(H,25,29). The van der Waals surface area contributed by atoms with E-state index < -0.39 is 0 Å². The van der Waals surface area contributed by atoms with E-state index in [1.807, 2.05) is 48.1 Å². The summed E-state index contributed by atoms with van der Waals surface area (Å²) in [5.41, 5.74) is 5.73. The number of urea groups is 1. The first kappa shape index (κ1) is 19.2. The molecule has 0 bridgehead atoms. The molecule has 0 spiro atoms. The van der Waals surface area contributed by atoms with Crippen LogP contribution in [0.1, 0.15) is 46.8 Å². The van der Waals surface area contributed by atoms with Crippen LogP contribution in [0.5, 0.6) is 0 Å². The van der Waals surface area contributed by atoms with Crippen LogP contribution in [-0.4, -0.2) is 25.7 Å². The zero-order valence-corrected chi connectivity index (χ0v) is 17.0. The molecule has 2 aromatic heterocycles. The molecule has 1 atom stereocenters. The minimum absolute atomic E-state index is 0.0567. The van der Waals surface area contributed by atoms with Gasteiger partial charge in [0.2, 0.25) is 0 Å². The van der Waals surface area contributed by atoms with Gasteiger partial charge in [-0.2, -0.15) is 5.10 Å². The lowest BCUT2D eigenvalue weighted by Crippen LogP contribution is -2.42. The monoisotopic (exact) mass is 389 g/mol. The molecule has 0 radical (unpaired) electrons. The van der Waals surface area contributed by atoms with Gasteiger partial charge < -0.3 is 10.2 Å². The van der Waals surface area contributed by atoms with E-state index in [1.165, 1.54) is 11.1 Å². The van der Waals surface area contributed by atoms with Crippen LogP contribution in [-0.2, 0) is 26.6 Å². The molecule has 0 fully saturated rings. The molecule has 6 nitrogen and oxygen atoms in total. The molecule has 2 amide bonds. The van der Waals surface area contributed by atoms with Crippen LogP contribution < -0.4 is 5.32 Å². The molecule has 1 N–H and O–H groups in total. The number of carbonyl (C=O) groups is 1. The molecule has 6 heteroatoms. The van der Waals surface area contributed by atoms with E-state index in [1.54, 1.807) is 6.20 Å². The summed E-state index contributed by atoms with van der Waals surface area (Å²) in [5.74, 6) is 0. The molecule has 1 aromatic carbocycles. The van der Waals surface area contributed by atoms with Crippen molar-refractivity contribution in [1.82, 2.24) is 25.0 Å². The van der Waals surface area contributed by atoms with Crippen molar-refractivity contribution < 1.29 is 4.79 Å². The predicted molar refractivity (Wildman–Crippen MR) is 112 cm³/mol. The van der Waals surface area contributed by atoms with Crippen LogP contribution in [0.2, 0.25) is 0 Å². The first-order chi connectivity index (χ1) is 14.1. The number of nitrogens with one attached hydrogen (secondary N) is 1. The third kappa shape index (κ3) is 4.16. The SMILES string of the molecule is Cc1c(CNC(=O)N(Cc2cccnc2)C2CCCc3ccccc32)cnn1C. The third-order valence-corrected chi connectivity index (χ3v) is 5.82. The molecule has 1 unspecified atom stereocenters. The molecule has 0 aliphatic heterocycles. The Balaban J connectivity index is 1.58. The van der Waals surface area contributed by atoms with Crippen LogP contribution in [0.3, 0.4) is 0 Å². The van der Waals surface area contributed by atoms with Crippen molar-refractivity contribution in [2.24, 2.45) is 7.05 Å². The molecular weight excluding hydrogens is 362 g/mol. The second-order valence-electron chi connectivity index (χ2n) is 7.63. The van der Waals surface area contributed by atoms with E-state index >= 15 is 0 Å². The van der Waals surface area contributed by atoms with E-state index in [2.05, 4.69) is 39.7 Å². The Kier molecular flexibility index (Phi) is 5.60. The molecule has 0 saturated heterocycles. The van der Waals surface area contributed by atoms with E-state index in [0.29, 0.717) is 13.1 Å². The van der Waals surface area contributed by atoms with Crippen LogP contribution in [0, 0.1) is 6.92 Å². The molecule has 29 heavy (non-hydrogen) atoms. The summed E-state index contributed by atoms with van der Waals surface area (Å²) in [6.45, 7) is 3.01. The molecule has 1 aliphatic rings. The number of hydrogen-bond acceptors (Lipinski definition) is 3. The highest BCUT2D eigenvalue weighted by molar-refractivity contribution is 5.75. The Morgan fingerprint density at radius 2 is 2.10 bits per heavy atom. The van der Waals surface area contributed by atoms with Crippen molar-refractivity contribution in [1.29, 1.82) is 0 Å². The fraction of sp³-hybridized carbons (Fsp3) is 0.348. The fourth-order valence-electron chi connectivity index (χ4n) is 4.05. The predicted octanol–water partition coefficient (Wildman–Crippen LogP) is 3.91. The lowest BCUT2D eigenvalue weighted by molar-refractivity contribution is 0.162. The van der Waals surface area contributed by atoms with Gasteiger partial charge in [-0.1, -0.05) is 30.3 Å². The zero-order valence-electron chi connectivity index (χ0n) is 17.0. The number of rotatable bonds is 5. The van der Waals surface area contributed by atoms with Gasteiger partial charge in [-0.05, 0) is 48.9 Å². The summed E-state index contributed by atoms with van der Waals surface area (Å²) >= 11 is 0. The van der Waals surface area contributed by atoms with Crippen LogP contribution in [0.15, 0.2) is 55.0 Å². The number of pyridine rings is 1. The number of amides is 2. The molecule has 3 aromatic rings. The van der Waals surface area contributed by atoms with Gasteiger partial charge in [0.15, 0.2) is 0 Å². The summed E-state index contributed by atoms with van der Waals surface area (Å²) in [4.78, 5) is 19.5. The van der Waals surface area contributed by atoms with Gasteiger partial charge in [0.1, 0.15) is 0 Å². The van der Waals surface area contributed by atoms with Crippen molar-refractivity contribution in [3.8, 4) is 0 Å².